The van der Waals surface area contributed by atoms with Crippen LogP contribution in [0.5, 0.6) is 0 Å². The SMILES string of the molecule is c1ccc(Cn2cc(-c3cccc(CN4CCC4)c3)nn2)nc1. The maximum absolute atomic E-state index is 4.32. The lowest BCUT2D eigenvalue weighted by atomic mass is 10.1. The second-order valence-electron chi connectivity index (χ2n) is 5.95. The molecule has 3 heterocycles. The third-order valence-electron chi connectivity index (χ3n) is 4.17. The van der Waals surface area contributed by atoms with E-state index in [1.807, 2.05) is 29.1 Å². The van der Waals surface area contributed by atoms with E-state index in [1.165, 1.54) is 25.1 Å². The Bertz CT molecular complexity index is 777. The highest BCUT2D eigenvalue weighted by Gasteiger charge is 2.14. The van der Waals surface area contributed by atoms with Gasteiger partial charge in [0, 0.05) is 18.3 Å². The highest BCUT2D eigenvalue weighted by Crippen LogP contribution is 2.20. The van der Waals surface area contributed by atoms with E-state index in [-0.39, 0.29) is 0 Å². The third-order valence-corrected chi connectivity index (χ3v) is 4.17. The predicted molar refractivity (Wildman–Crippen MR) is 88.7 cm³/mol. The van der Waals surface area contributed by atoms with Gasteiger partial charge in [-0.25, -0.2) is 4.68 Å². The van der Waals surface area contributed by atoms with E-state index < -0.39 is 0 Å². The highest BCUT2D eigenvalue weighted by molar-refractivity contribution is 5.58. The van der Waals surface area contributed by atoms with Crippen molar-refractivity contribution in [1.82, 2.24) is 24.9 Å². The molecule has 0 amide bonds. The summed E-state index contributed by atoms with van der Waals surface area (Å²) < 4.78 is 1.83. The minimum atomic E-state index is 0.640. The molecular formula is C18H19N5. The number of hydrogen-bond acceptors (Lipinski definition) is 4. The molecule has 0 saturated carbocycles. The van der Waals surface area contributed by atoms with E-state index in [0.717, 1.165) is 23.5 Å². The Hall–Kier alpha value is -2.53. The molecule has 1 aliphatic heterocycles. The molecule has 0 N–H and O–H groups in total. The average Bonchev–Trinajstić information content (AvgIpc) is 3.01. The van der Waals surface area contributed by atoms with Gasteiger partial charge >= 0.3 is 0 Å². The van der Waals surface area contributed by atoms with Crippen molar-refractivity contribution < 1.29 is 0 Å². The predicted octanol–water partition coefficient (Wildman–Crippen LogP) is 2.59. The van der Waals surface area contributed by atoms with Crippen molar-refractivity contribution in [2.24, 2.45) is 0 Å². The number of benzene rings is 1. The van der Waals surface area contributed by atoms with Crippen LogP contribution in [0, 0.1) is 0 Å². The lowest BCUT2D eigenvalue weighted by molar-refractivity contribution is 0.172. The summed E-state index contributed by atoms with van der Waals surface area (Å²) in [5.41, 5.74) is 4.35. The number of aromatic nitrogens is 4. The topological polar surface area (TPSA) is 46.8 Å². The molecule has 0 radical (unpaired) electrons. The van der Waals surface area contributed by atoms with Crippen LogP contribution in [0.2, 0.25) is 0 Å². The molecule has 0 atom stereocenters. The first kappa shape index (κ1) is 14.1. The number of pyridine rings is 1. The molecule has 0 bridgehead atoms. The van der Waals surface area contributed by atoms with Crippen molar-refractivity contribution in [2.45, 2.75) is 19.5 Å². The third kappa shape index (κ3) is 3.29. The summed E-state index contributed by atoms with van der Waals surface area (Å²) in [6, 6.07) is 14.5. The Balaban J connectivity index is 1.50. The largest absolute Gasteiger partial charge is 0.299 e. The van der Waals surface area contributed by atoms with E-state index in [2.05, 4.69) is 44.5 Å². The van der Waals surface area contributed by atoms with Crippen LogP contribution >= 0.6 is 0 Å². The van der Waals surface area contributed by atoms with E-state index in [1.54, 1.807) is 6.20 Å². The van der Waals surface area contributed by atoms with Crippen molar-refractivity contribution in [3.8, 4) is 11.3 Å². The van der Waals surface area contributed by atoms with Gasteiger partial charge in [-0.2, -0.15) is 0 Å². The number of nitrogens with zero attached hydrogens (tertiary/aromatic N) is 5. The van der Waals surface area contributed by atoms with E-state index in [4.69, 9.17) is 0 Å². The van der Waals surface area contributed by atoms with Crippen LogP contribution in [0.15, 0.2) is 54.9 Å². The average molecular weight is 305 g/mol. The van der Waals surface area contributed by atoms with Crippen molar-refractivity contribution in [3.05, 3.63) is 66.1 Å². The maximum Gasteiger partial charge on any atom is 0.113 e. The second kappa shape index (κ2) is 6.30. The van der Waals surface area contributed by atoms with E-state index in [0.29, 0.717) is 6.54 Å². The van der Waals surface area contributed by atoms with Gasteiger partial charge in [-0.1, -0.05) is 29.5 Å². The Morgan fingerprint density at radius 2 is 1.96 bits per heavy atom. The van der Waals surface area contributed by atoms with Gasteiger partial charge < -0.3 is 0 Å². The van der Waals surface area contributed by atoms with Crippen LogP contribution in [0.25, 0.3) is 11.3 Å². The van der Waals surface area contributed by atoms with Gasteiger partial charge in [0.25, 0.3) is 0 Å². The van der Waals surface area contributed by atoms with Gasteiger partial charge in [0.2, 0.25) is 0 Å². The molecule has 116 valence electrons. The molecule has 3 aromatic rings. The highest BCUT2D eigenvalue weighted by atomic mass is 15.4. The minimum absolute atomic E-state index is 0.640. The van der Waals surface area contributed by atoms with Crippen LogP contribution in [-0.4, -0.2) is 38.0 Å². The molecule has 0 unspecified atom stereocenters. The fourth-order valence-corrected chi connectivity index (χ4v) is 2.79. The minimum Gasteiger partial charge on any atom is -0.299 e. The van der Waals surface area contributed by atoms with Crippen LogP contribution in [-0.2, 0) is 13.1 Å². The molecule has 4 rings (SSSR count). The fraction of sp³-hybridized carbons (Fsp3) is 0.278. The molecule has 1 aromatic carbocycles. The van der Waals surface area contributed by atoms with Gasteiger partial charge in [0.05, 0.1) is 18.4 Å². The van der Waals surface area contributed by atoms with Gasteiger partial charge in [-0.3, -0.25) is 9.88 Å². The zero-order valence-electron chi connectivity index (χ0n) is 13.0. The summed E-state index contributed by atoms with van der Waals surface area (Å²) in [6.07, 6.45) is 5.10. The molecule has 1 saturated heterocycles. The summed E-state index contributed by atoms with van der Waals surface area (Å²) in [6.45, 7) is 4.09. The number of rotatable bonds is 5. The normalized spacial score (nSPS) is 14.6. The van der Waals surface area contributed by atoms with Crippen molar-refractivity contribution in [3.63, 3.8) is 0 Å². The Labute approximate surface area is 135 Å². The quantitative estimate of drug-likeness (QED) is 0.727. The van der Waals surface area contributed by atoms with Crippen molar-refractivity contribution in [2.75, 3.05) is 13.1 Å². The van der Waals surface area contributed by atoms with Gasteiger partial charge in [0.15, 0.2) is 0 Å². The van der Waals surface area contributed by atoms with E-state index >= 15 is 0 Å². The first-order valence-electron chi connectivity index (χ1n) is 7.98. The van der Waals surface area contributed by atoms with Crippen molar-refractivity contribution in [1.29, 1.82) is 0 Å². The van der Waals surface area contributed by atoms with Crippen LogP contribution in [0.3, 0.4) is 0 Å². The molecule has 5 nitrogen and oxygen atoms in total. The smallest absolute Gasteiger partial charge is 0.113 e. The molecule has 1 fully saturated rings. The van der Waals surface area contributed by atoms with Crippen LogP contribution < -0.4 is 0 Å². The molecule has 0 spiro atoms. The van der Waals surface area contributed by atoms with E-state index in [9.17, 15) is 0 Å². The summed E-state index contributed by atoms with van der Waals surface area (Å²) in [7, 11) is 0. The van der Waals surface area contributed by atoms with Crippen LogP contribution in [0.1, 0.15) is 17.7 Å². The molecule has 5 heteroatoms. The van der Waals surface area contributed by atoms with Crippen molar-refractivity contribution >= 4 is 0 Å². The Kier molecular flexibility index (Phi) is 3.86. The molecule has 2 aromatic heterocycles. The van der Waals surface area contributed by atoms with Gasteiger partial charge in [0.1, 0.15) is 5.69 Å². The lowest BCUT2D eigenvalue weighted by Gasteiger charge is -2.30. The fourth-order valence-electron chi connectivity index (χ4n) is 2.79. The second-order valence-corrected chi connectivity index (χ2v) is 5.95. The summed E-state index contributed by atoms with van der Waals surface area (Å²) in [5.74, 6) is 0. The molecular weight excluding hydrogens is 286 g/mol. The summed E-state index contributed by atoms with van der Waals surface area (Å²) >= 11 is 0. The number of likely N-dealkylation sites (tertiary alicyclic amines) is 1. The number of hydrogen-bond donors (Lipinski definition) is 0. The molecule has 1 aliphatic rings. The monoisotopic (exact) mass is 305 g/mol. The Morgan fingerprint density at radius 1 is 1.00 bits per heavy atom. The standard InChI is InChI=1S/C18H19N5/c1-2-8-19-17(7-1)13-23-14-18(20-21-23)16-6-3-5-15(11-16)12-22-9-4-10-22/h1-3,5-8,11,14H,4,9-10,12-13H2. The van der Waals surface area contributed by atoms with Crippen LogP contribution in [0.4, 0.5) is 0 Å². The molecule has 0 aliphatic carbocycles. The van der Waals surface area contributed by atoms with Gasteiger partial charge in [-0.05, 0) is 43.3 Å². The first-order chi connectivity index (χ1) is 11.4. The zero-order valence-corrected chi connectivity index (χ0v) is 13.0. The summed E-state index contributed by atoms with van der Waals surface area (Å²) in [5, 5.41) is 8.53. The molecule has 23 heavy (non-hydrogen) atoms. The lowest BCUT2D eigenvalue weighted by Crippen LogP contribution is -2.36. The Morgan fingerprint density at radius 3 is 2.74 bits per heavy atom. The zero-order chi connectivity index (χ0) is 15.5. The maximum atomic E-state index is 4.32. The first-order valence-corrected chi connectivity index (χ1v) is 7.98. The summed E-state index contributed by atoms with van der Waals surface area (Å²) in [4.78, 5) is 6.78. The van der Waals surface area contributed by atoms with Gasteiger partial charge in [-0.15, -0.1) is 5.10 Å².